The molecule has 0 radical (unpaired) electrons. The highest BCUT2D eigenvalue weighted by atomic mass is 16.1. The van der Waals surface area contributed by atoms with Gasteiger partial charge in [0.05, 0.1) is 11.1 Å². The fourth-order valence-electron chi connectivity index (χ4n) is 6.76. The molecule has 33 heavy (non-hydrogen) atoms. The van der Waals surface area contributed by atoms with Crippen LogP contribution in [0.5, 0.6) is 0 Å². The number of carbonyl (C=O) groups excluding carboxylic acids is 1. The molecule has 2 fully saturated rings. The Hall–Kier alpha value is -3.07. The maximum Gasteiger partial charge on any atom is 0.252 e. The van der Waals surface area contributed by atoms with Gasteiger partial charge in [-0.2, -0.15) is 0 Å². The van der Waals surface area contributed by atoms with Crippen LogP contribution in [0.2, 0.25) is 0 Å². The number of hydrogen-bond donors (Lipinski definition) is 1. The van der Waals surface area contributed by atoms with Crippen molar-refractivity contribution in [3.8, 4) is 11.1 Å². The molecule has 8 rings (SSSR count). The third kappa shape index (κ3) is 2.54. The second-order valence-corrected chi connectivity index (χ2v) is 10.8. The lowest BCUT2D eigenvalue weighted by molar-refractivity contribution is 0.0966. The number of amides is 1. The summed E-state index contributed by atoms with van der Waals surface area (Å²) in [6, 6.07) is 17.8. The highest BCUT2D eigenvalue weighted by molar-refractivity contribution is 6.20. The fourth-order valence-corrected chi connectivity index (χ4v) is 6.76. The van der Waals surface area contributed by atoms with E-state index in [1.807, 2.05) is 0 Å². The molecule has 2 heterocycles. The highest BCUT2D eigenvalue weighted by Crippen LogP contribution is 2.55. The summed E-state index contributed by atoms with van der Waals surface area (Å²) in [6.07, 6.45) is 7.95. The molecule has 1 N–H and O–H groups in total. The van der Waals surface area contributed by atoms with Crippen molar-refractivity contribution in [1.29, 1.82) is 0 Å². The number of fused-ring (bicyclic) bond motifs is 10. The molecule has 2 saturated carbocycles. The molecule has 164 valence electrons. The molecule has 0 saturated heterocycles. The third-order valence-corrected chi connectivity index (χ3v) is 8.65. The fraction of sp³-hybridized carbons (Fsp3) is 0.367. The number of benzene rings is 3. The van der Waals surface area contributed by atoms with Crippen LogP contribution in [0, 0.1) is 11.8 Å². The first-order chi connectivity index (χ1) is 16.3. The summed E-state index contributed by atoms with van der Waals surface area (Å²) in [5, 5.41) is 5.85. The van der Waals surface area contributed by atoms with Gasteiger partial charge in [-0.15, -0.1) is 0 Å². The standard InChI is InChI=1S/C30H28N2O/c33-30-28-23(15-31-30)25-22-7-3-4-8-24(22)32(16-18-11-12-18)29(25)27-21(14-13-17-9-10-17)19-5-1-2-6-20(19)26(27)28/h1-8,17-18,21H,9-16H2,(H,31,33). The Labute approximate surface area is 193 Å². The summed E-state index contributed by atoms with van der Waals surface area (Å²) in [5.41, 5.74) is 10.3. The van der Waals surface area contributed by atoms with E-state index >= 15 is 0 Å². The minimum absolute atomic E-state index is 0.111. The van der Waals surface area contributed by atoms with E-state index in [-0.39, 0.29) is 5.91 Å². The summed E-state index contributed by atoms with van der Waals surface area (Å²) in [6.45, 7) is 1.74. The number of para-hydroxylation sites is 1. The van der Waals surface area contributed by atoms with Crippen molar-refractivity contribution >= 4 is 27.7 Å². The van der Waals surface area contributed by atoms with Crippen molar-refractivity contribution in [3.63, 3.8) is 0 Å². The van der Waals surface area contributed by atoms with E-state index in [1.54, 1.807) is 0 Å². The Bertz CT molecular complexity index is 1480. The lowest BCUT2D eigenvalue weighted by Gasteiger charge is -2.18. The molecule has 4 aliphatic rings. The van der Waals surface area contributed by atoms with Gasteiger partial charge in [0.25, 0.3) is 5.91 Å². The zero-order valence-corrected chi connectivity index (χ0v) is 18.9. The smallest absolute Gasteiger partial charge is 0.252 e. The normalized spacial score (nSPS) is 20.8. The molecule has 0 spiro atoms. The van der Waals surface area contributed by atoms with Gasteiger partial charge in [0.1, 0.15) is 0 Å². The van der Waals surface area contributed by atoms with Crippen LogP contribution >= 0.6 is 0 Å². The first kappa shape index (κ1) is 18.4. The van der Waals surface area contributed by atoms with E-state index in [0.29, 0.717) is 12.5 Å². The van der Waals surface area contributed by atoms with Gasteiger partial charge in [-0.1, -0.05) is 55.3 Å². The van der Waals surface area contributed by atoms with Crippen LogP contribution in [-0.4, -0.2) is 10.5 Å². The molecule has 1 aliphatic heterocycles. The summed E-state index contributed by atoms with van der Waals surface area (Å²) >= 11 is 0. The molecular weight excluding hydrogens is 404 g/mol. The van der Waals surface area contributed by atoms with E-state index in [0.717, 1.165) is 23.9 Å². The first-order valence-corrected chi connectivity index (χ1v) is 12.8. The van der Waals surface area contributed by atoms with Crippen LogP contribution in [0.4, 0.5) is 0 Å². The van der Waals surface area contributed by atoms with Gasteiger partial charge in [-0.05, 0) is 65.8 Å². The average molecular weight is 433 g/mol. The number of nitrogens with zero attached hydrogens (tertiary/aromatic N) is 1. The summed E-state index contributed by atoms with van der Waals surface area (Å²) in [5.74, 6) is 2.20. The number of carbonyl (C=O) groups is 1. The van der Waals surface area contributed by atoms with Crippen LogP contribution in [-0.2, 0) is 13.1 Å². The number of hydrogen-bond acceptors (Lipinski definition) is 1. The SMILES string of the molecule is O=C1NCc2c1c1c(c3c2c2ccccc2n3CC2CC2)C(CCC2CC2)c2ccccc2-1. The van der Waals surface area contributed by atoms with Crippen molar-refractivity contribution in [1.82, 2.24) is 9.88 Å². The molecule has 3 aliphatic carbocycles. The van der Waals surface area contributed by atoms with Crippen molar-refractivity contribution in [2.24, 2.45) is 11.8 Å². The molecular formula is C30H28N2O. The van der Waals surface area contributed by atoms with E-state index in [2.05, 4.69) is 58.4 Å². The lowest BCUT2D eigenvalue weighted by Crippen LogP contribution is -2.13. The number of aromatic nitrogens is 1. The van der Waals surface area contributed by atoms with E-state index < -0.39 is 0 Å². The van der Waals surface area contributed by atoms with E-state index in [9.17, 15) is 4.79 Å². The van der Waals surface area contributed by atoms with Gasteiger partial charge in [-0.25, -0.2) is 0 Å². The Kier molecular flexibility index (Phi) is 3.62. The molecule has 1 amide bonds. The topological polar surface area (TPSA) is 34.0 Å². The molecule has 3 aromatic carbocycles. The van der Waals surface area contributed by atoms with Crippen LogP contribution < -0.4 is 5.32 Å². The second kappa shape index (κ2) is 6.50. The quantitative estimate of drug-likeness (QED) is 0.372. The van der Waals surface area contributed by atoms with Gasteiger partial charge < -0.3 is 9.88 Å². The second-order valence-electron chi connectivity index (χ2n) is 10.8. The molecule has 1 atom stereocenters. The van der Waals surface area contributed by atoms with Crippen LogP contribution in [0.3, 0.4) is 0 Å². The largest absolute Gasteiger partial charge is 0.348 e. The molecule has 0 bridgehead atoms. The van der Waals surface area contributed by atoms with Gasteiger partial charge in [0.15, 0.2) is 0 Å². The Morgan fingerprint density at radius 2 is 1.67 bits per heavy atom. The van der Waals surface area contributed by atoms with Crippen molar-refractivity contribution in [2.45, 2.75) is 57.5 Å². The summed E-state index contributed by atoms with van der Waals surface area (Å²) in [4.78, 5) is 13.3. The first-order valence-electron chi connectivity index (χ1n) is 12.8. The molecule has 1 aromatic heterocycles. The summed E-state index contributed by atoms with van der Waals surface area (Å²) < 4.78 is 2.64. The monoisotopic (exact) mass is 432 g/mol. The van der Waals surface area contributed by atoms with E-state index in [4.69, 9.17) is 0 Å². The van der Waals surface area contributed by atoms with E-state index in [1.165, 1.54) is 88.1 Å². The molecule has 3 nitrogen and oxygen atoms in total. The average Bonchev–Trinajstić information content (AvgIpc) is 3.75. The molecule has 1 unspecified atom stereocenters. The van der Waals surface area contributed by atoms with Crippen LogP contribution in [0.15, 0.2) is 48.5 Å². The Balaban J connectivity index is 1.52. The van der Waals surface area contributed by atoms with Gasteiger partial charge in [0.2, 0.25) is 0 Å². The lowest BCUT2D eigenvalue weighted by atomic mass is 9.87. The summed E-state index contributed by atoms with van der Waals surface area (Å²) in [7, 11) is 0. The maximum absolute atomic E-state index is 13.3. The van der Waals surface area contributed by atoms with Gasteiger partial charge in [-0.3, -0.25) is 4.79 Å². The minimum Gasteiger partial charge on any atom is -0.348 e. The number of rotatable bonds is 5. The minimum atomic E-state index is 0.111. The van der Waals surface area contributed by atoms with Crippen LogP contribution in [0.25, 0.3) is 32.9 Å². The predicted molar refractivity (Wildman–Crippen MR) is 133 cm³/mol. The zero-order valence-electron chi connectivity index (χ0n) is 18.9. The van der Waals surface area contributed by atoms with Crippen LogP contribution in [0.1, 0.15) is 71.5 Å². The highest BCUT2D eigenvalue weighted by Gasteiger charge is 2.40. The molecule has 3 heteroatoms. The number of nitrogens with one attached hydrogen (secondary N) is 1. The maximum atomic E-state index is 13.3. The van der Waals surface area contributed by atoms with Crippen molar-refractivity contribution in [2.75, 3.05) is 0 Å². The Morgan fingerprint density at radius 3 is 2.52 bits per heavy atom. The van der Waals surface area contributed by atoms with Gasteiger partial charge >= 0.3 is 0 Å². The van der Waals surface area contributed by atoms with Crippen molar-refractivity contribution < 1.29 is 4.79 Å². The molecule has 4 aromatic rings. The predicted octanol–water partition coefficient (Wildman–Crippen LogP) is 6.75. The third-order valence-electron chi connectivity index (χ3n) is 8.65. The van der Waals surface area contributed by atoms with Gasteiger partial charge in [0, 0.05) is 40.9 Å². The van der Waals surface area contributed by atoms with Crippen molar-refractivity contribution in [3.05, 3.63) is 70.8 Å². The zero-order chi connectivity index (χ0) is 21.7. The Morgan fingerprint density at radius 1 is 0.879 bits per heavy atom.